The number of rotatable bonds is 6. The quantitative estimate of drug-likeness (QED) is 0.461. The Morgan fingerprint density at radius 1 is 1.54 bits per heavy atom. The summed E-state index contributed by atoms with van der Waals surface area (Å²) < 4.78 is 3.03. The third-order valence-electron chi connectivity index (χ3n) is 1.77. The average molecular weight is 298 g/mol. The Hall–Kier alpha value is 0.160. The summed E-state index contributed by atoms with van der Waals surface area (Å²) in [6.07, 6.45) is 1.68. The molecule has 0 spiro atoms. The fourth-order valence-electron chi connectivity index (χ4n) is 1.01. The molecule has 0 fully saturated rings. The number of hydrogen-bond acceptors (Lipinski definition) is 2. The van der Waals surface area contributed by atoms with E-state index in [0.717, 1.165) is 19.5 Å². The minimum Gasteiger partial charge on any atom is -0.346 e. The highest BCUT2D eigenvalue weighted by Crippen LogP contribution is 2.02. The summed E-state index contributed by atoms with van der Waals surface area (Å²) in [5, 5.41) is 0. The molecule has 0 aromatic rings. The molecule has 0 aliphatic heterocycles. The van der Waals surface area contributed by atoms with Crippen molar-refractivity contribution in [3.8, 4) is 0 Å². The normalized spacial score (nSPS) is 10.5. The lowest BCUT2D eigenvalue weighted by atomic mass is 10.1. The van der Waals surface area contributed by atoms with Gasteiger partial charge in [-0.25, -0.2) is 0 Å². The lowest BCUT2D eigenvalue weighted by Crippen LogP contribution is -2.29. The average Bonchev–Trinajstić information content (AvgIpc) is 2.03. The highest BCUT2D eigenvalue weighted by molar-refractivity contribution is 14.1. The van der Waals surface area contributed by atoms with Gasteiger partial charge >= 0.3 is 0 Å². The van der Waals surface area contributed by atoms with Crippen LogP contribution in [-0.4, -0.2) is 30.9 Å². The van der Waals surface area contributed by atoms with E-state index in [1.54, 1.807) is 0 Å². The van der Waals surface area contributed by atoms with Crippen LogP contribution in [0.4, 0.5) is 0 Å². The van der Waals surface area contributed by atoms with Crippen molar-refractivity contribution in [2.75, 3.05) is 20.1 Å². The number of nitrogens with zero attached hydrogens (tertiary/aromatic N) is 1. The third kappa shape index (κ3) is 7.25. The van der Waals surface area contributed by atoms with E-state index in [2.05, 4.69) is 40.2 Å². The summed E-state index contributed by atoms with van der Waals surface area (Å²) in [7, 11) is 1.87. The van der Waals surface area contributed by atoms with Gasteiger partial charge in [-0.1, -0.05) is 13.8 Å². The zero-order valence-electron chi connectivity index (χ0n) is 8.64. The number of carbonyl (C=O) groups is 1. The fraction of sp³-hybridized carbons (Fsp3) is 0.889. The molecule has 4 heteroatoms. The molecular weight excluding hydrogens is 279 g/mol. The van der Waals surface area contributed by atoms with Gasteiger partial charge in [-0.15, -0.1) is 0 Å². The molecule has 0 bridgehead atoms. The molecule has 0 aromatic heterocycles. The summed E-state index contributed by atoms with van der Waals surface area (Å²) in [4.78, 5) is 13.3. The maximum Gasteiger partial charge on any atom is 0.222 e. The van der Waals surface area contributed by atoms with Gasteiger partial charge in [0, 0.05) is 49.4 Å². The van der Waals surface area contributed by atoms with E-state index in [4.69, 9.17) is 0 Å². The SMILES string of the molecule is CC(C)CC(=O)N(C)CCCNI. The molecule has 3 nitrogen and oxygen atoms in total. The van der Waals surface area contributed by atoms with Gasteiger partial charge in [0.2, 0.25) is 5.91 Å². The first-order valence-electron chi connectivity index (χ1n) is 4.65. The van der Waals surface area contributed by atoms with E-state index in [1.165, 1.54) is 0 Å². The summed E-state index contributed by atoms with van der Waals surface area (Å²) in [5.41, 5.74) is 0. The summed E-state index contributed by atoms with van der Waals surface area (Å²) in [5.74, 6) is 0.709. The van der Waals surface area contributed by atoms with E-state index in [-0.39, 0.29) is 5.91 Å². The molecule has 0 aliphatic carbocycles. The Morgan fingerprint density at radius 2 is 2.15 bits per heavy atom. The van der Waals surface area contributed by atoms with Crippen LogP contribution in [0.3, 0.4) is 0 Å². The van der Waals surface area contributed by atoms with Crippen LogP contribution < -0.4 is 3.53 Å². The van der Waals surface area contributed by atoms with Crippen LogP contribution in [0.25, 0.3) is 0 Å². The zero-order valence-corrected chi connectivity index (χ0v) is 10.8. The molecule has 0 aromatic carbocycles. The van der Waals surface area contributed by atoms with Gasteiger partial charge in [0.25, 0.3) is 0 Å². The minimum atomic E-state index is 0.253. The molecule has 0 unspecified atom stereocenters. The first kappa shape index (κ1) is 13.2. The Bertz CT molecular complexity index is 151. The third-order valence-corrected chi connectivity index (χ3v) is 2.31. The maximum atomic E-state index is 11.5. The lowest BCUT2D eigenvalue weighted by molar-refractivity contribution is -0.130. The van der Waals surface area contributed by atoms with Crippen molar-refractivity contribution >= 4 is 28.8 Å². The highest BCUT2D eigenvalue weighted by Gasteiger charge is 2.09. The van der Waals surface area contributed by atoms with Crippen LogP contribution in [0.5, 0.6) is 0 Å². The van der Waals surface area contributed by atoms with Crippen LogP contribution in [0.2, 0.25) is 0 Å². The molecule has 13 heavy (non-hydrogen) atoms. The van der Waals surface area contributed by atoms with Gasteiger partial charge in [0.1, 0.15) is 0 Å². The van der Waals surface area contributed by atoms with Crippen LogP contribution in [0.1, 0.15) is 26.7 Å². The highest BCUT2D eigenvalue weighted by atomic mass is 127. The van der Waals surface area contributed by atoms with Gasteiger partial charge in [-0.05, 0) is 12.3 Å². The fourth-order valence-corrected chi connectivity index (χ4v) is 1.39. The molecule has 0 heterocycles. The van der Waals surface area contributed by atoms with E-state index >= 15 is 0 Å². The zero-order chi connectivity index (χ0) is 10.3. The monoisotopic (exact) mass is 298 g/mol. The first-order chi connectivity index (χ1) is 6.07. The Morgan fingerprint density at radius 3 is 2.62 bits per heavy atom. The molecule has 1 amide bonds. The predicted octanol–water partition coefficient (Wildman–Crippen LogP) is 1.82. The van der Waals surface area contributed by atoms with Gasteiger partial charge in [-0.2, -0.15) is 0 Å². The van der Waals surface area contributed by atoms with E-state index in [0.29, 0.717) is 12.3 Å². The summed E-state index contributed by atoms with van der Waals surface area (Å²) in [6.45, 7) is 5.94. The molecule has 0 rings (SSSR count). The summed E-state index contributed by atoms with van der Waals surface area (Å²) in [6, 6.07) is 0. The van der Waals surface area contributed by atoms with Crippen LogP contribution in [0, 0.1) is 5.92 Å². The van der Waals surface area contributed by atoms with Gasteiger partial charge < -0.3 is 4.90 Å². The second kappa shape index (κ2) is 7.55. The molecule has 0 saturated carbocycles. The Labute approximate surface area is 94.7 Å². The lowest BCUT2D eigenvalue weighted by Gasteiger charge is -2.17. The van der Waals surface area contributed by atoms with Crippen molar-refractivity contribution < 1.29 is 4.79 Å². The van der Waals surface area contributed by atoms with Gasteiger partial charge in [0.15, 0.2) is 0 Å². The van der Waals surface area contributed by atoms with Crippen molar-refractivity contribution in [1.29, 1.82) is 0 Å². The second-order valence-corrected chi connectivity index (χ2v) is 4.41. The topological polar surface area (TPSA) is 32.3 Å². The predicted molar refractivity (Wildman–Crippen MR) is 63.7 cm³/mol. The molecule has 0 aliphatic rings. The van der Waals surface area contributed by atoms with E-state index in [9.17, 15) is 4.79 Å². The largest absolute Gasteiger partial charge is 0.346 e. The number of carbonyl (C=O) groups excluding carboxylic acids is 1. The van der Waals surface area contributed by atoms with E-state index in [1.807, 2.05) is 11.9 Å². The number of amides is 1. The number of hydrogen-bond donors (Lipinski definition) is 1. The summed E-state index contributed by atoms with van der Waals surface area (Å²) >= 11 is 2.12. The van der Waals surface area contributed by atoms with Crippen LogP contribution in [-0.2, 0) is 4.79 Å². The number of nitrogens with one attached hydrogen (secondary N) is 1. The van der Waals surface area contributed by atoms with Crippen molar-refractivity contribution in [2.24, 2.45) is 5.92 Å². The Kier molecular flexibility index (Phi) is 7.65. The van der Waals surface area contributed by atoms with Gasteiger partial charge in [-0.3, -0.25) is 8.32 Å². The smallest absolute Gasteiger partial charge is 0.222 e. The molecule has 78 valence electrons. The second-order valence-electron chi connectivity index (χ2n) is 3.65. The van der Waals surface area contributed by atoms with Crippen LogP contribution >= 0.6 is 22.9 Å². The molecule has 0 radical (unpaired) electrons. The molecule has 0 saturated heterocycles. The standard InChI is InChI=1S/C9H19IN2O/c1-8(2)7-9(13)12(3)6-4-5-11-10/h8,11H,4-7H2,1-3H3. The van der Waals surface area contributed by atoms with Crippen molar-refractivity contribution in [3.05, 3.63) is 0 Å². The van der Waals surface area contributed by atoms with Crippen molar-refractivity contribution in [2.45, 2.75) is 26.7 Å². The maximum absolute atomic E-state index is 11.5. The minimum absolute atomic E-state index is 0.253. The van der Waals surface area contributed by atoms with Crippen molar-refractivity contribution in [1.82, 2.24) is 8.43 Å². The van der Waals surface area contributed by atoms with Crippen LogP contribution in [0.15, 0.2) is 0 Å². The molecule has 0 atom stereocenters. The molecule has 1 N–H and O–H groups in total. The van der Waals surface area contributed by atoms with Crippen molar-refractivity contribution in [3.63, 3.8) is 0 Å². The molecular formula is C9H19IN2O. The number of halogens is 1. The van der Waals surface area contributed by atoms with E-state index < -0.39 is 0 Å². The first-order valence-corrected chi connectivity index (χ1v) is 5.73. The Balaban J connectivity index is 3.57. The van der Waals surface area contributed by atoms with Gasteiger partial charge in [0.05, 0.1) is 0 Å².